The van der Waals surface area contributed by atoms with Crippen molar-refractivity contribution in [1.82, 2.24) is 9.88 Å². The van der Waals surface area contributed by atoms with Gasteiger partial charge < -0.3 is 34.5 Å². The Morgan fingerprint density at radius 1 is 1.07 bits per heavy atom. The molecule has 3 rings (SSSR count). The number of anilines is 1. The van der Waals surface area contributed by atoms with Gasteiger partial charge in [0.15, 0.2) is 5.69 Å². The van der Waals surface area contributed by atoms with Gasteiger partial charge in [-0.3, -0.25) is 9.59 Å². The van der Waals surface area contributed by atoms with Crippen molar-refractivity contribution in [2.45, 2.75) is 32.7 Å². The van der Waals surface area contributed by atoms with Gasteiger partial charge >= 0.3 is 18.4 Å². The molecule has 0 radical (unpaired) electrons. The lowest BCUT2D eigenvalue weighted by Gasteiger charge is -2.21. The SMILES string of the molecule is CCOC(=O)CC(NC(=O)Nc1c(O)cc(C)n(C)c1=O)c1cc(OC)cc(-c2cccc(OC(F)(F)F)c2)c1. The van der Waals surface area contributed by atoms with Crippen LogP contribution in [-0.4, -0.2) is 41.8 Å². The van der Waals surface area contributed by atoms with Gasteiger partial charge in [-0.25, -0.2) is 4.79 Å². The predicted octanol–water partition coefficient (Wildman–Crippen LogP) is 4.79. The summed E-state index contributed by atoms with van der Waals surface area (Å²) in [7, 11) is 2.85. The van der Waals surface area contributed by atoms with Crippen LogP contribution in [0.5, 0.6) is 17.2 Å². The van der Waals surface area contributed by atoms with E-state index in [2.05, 4.69) is 15.4 Å². The molecule has 0 aliphatic carbocycles. The molecule has 0 bridgehead atoms. The summed E-state index contributed by atoms with van der Waals surface area (Å²) in [5.74, 6) is -1.24. The van der Waals surface area contributed by atoms with Crippen LogP contribution in [0.3, 0.4) is 0 Å². The summed E-state index contributed by atoms with van der Waals surface area (Å²) in [6, 6.07) is 9.29. The van der Waals surface area contributed by atoms with Gasteiger partial charge in [0, 0.05) is 18.8 Å². The molecule has 2 amide bonds. The third kappa shape index (κ3) is 7.68. The fourth-order valence-corrected chi connectivity index (χ4v) is 3.85. The summed E-state index contributed by atoms with van der Waals surface area (Å²) < 4.78 is 53.9. The van der Waals surface area contributed by atoms with Crippen LogP contribution >= 0.6 is 0 Å². The third-order valence-corrected chi connectivity index (χ3v) is 5.84. The molecule has 3 N–H and O–H groups in total. The number of hydrogen-bond acceptors (Lipinski definition) is 7. The average Bonchev–Trinajstić information content (AvgIpc) is 2.88. The number of pyridine rings is 1. The van der Waals surface area contributed by atoms with Crippen molar-refractivity contribution >= 4 is 17.7 Å². The number of benzene rings is 2. The number of aromatic nitrogens is 1. The van der Waals surface area contributed by atoms with Crippen LogP contribution in [0.4, 0.5) is 23.7 Å². The Morgan fingerprint density at radius 3 is 2.42 bits per heavy atom. The van der Waals surface area contributed by atoms with E-state index in [9.17, 15) is 32.7 Å². The van der Waals surface area contributed by atoms with Gasteiger partial charge in [-0.1, -0.05) is 12.1 Å². The molecule has 0 saturated heterocycles. The topological polar surface area (TPSA) is 128 Å². The van der Waals surface area contributed by atoms with E-state index in [1.165, 1.54) is 43.0 Å². The molecule has 0 aliphatic heterocycles. The largest absolute Gasteiger partial charge is 0.573 e. The smallest absolute Gasteiger partial charge is 0.505 e. The lowest BCUT2D eigenvalue weighted by atomic mass is 9.97. The molecule has 1 unspecified atom stereocenters. The zero-order chi connectivity index (χ0) is 29.6. The van der Waals surface area contributed by atoms with Crippen molar-refractivity contribution in [3.05, 3.63) is 70.1 Å². The number of amides is 2. The number of rotatable bonds is 9. The predicted molar refractivity (Wildman–Crippen MR) is 139 cm³/mol. The molecule has 0 fully saturated rings. The molecule has 10 nitrogen and oxygen atoms in total. The van der Waals surface area contributed by atoms with Gasteiger partial charge in [-0.2, -0.15) is 0 Å². The van der Waals surface area contributed by atoms with Crippen LogP contribution in [0.25, 0.3) is 11.1 Å². The first-order chi connectivity index (χ1) is 18.8. The Balaban J connectivity index is 1.99. The number of halogens is 3. The van der Waals surface area contributed by atoms with Crippen molar-refractivity contribution < 1.29 is 42.1 Å². The fourth-order valence-electron chi connectivity index (χ4n) is 3.85. The van der Waals surface area contributed by atoms with Gasteiger partial charge in [-0.15, -0.1) is 13.2 Å². The van der Waals surface area contributed by atoms with Crippen molar-refractivity contribution in [3.63, 3.8) is 0 Å². The molecular weight excluding hydrogens is 535 g/mol. The molecule has 0 aliphatic rings. The number of carbonyl (C=O) groups excluding carboxylic acids is 2. The number of nitrogens with zero attached hydrogens (tertiary/aromatic N) is 1. The number of alkyl halides is 3. The first-order valence-corrected chi connectivity index (χ1v) is 12.0. The average molecular weight is 564 g/mol. The van der Waals surface area contributed by atoms with Crippen LogP contribution in [0.1, 0.15) is 30.6 Å². The number of ether oxygens (including phenoxy) is 3. The number of methoxy groups -OCH3 is 1. The zero-order valence-corrected chi connectivity index (χ0v) is 22.1. The zero-order valence-electron chi connectivity index (χ0n) is 22.1. The Bertz CT molecular complexity index is 1450. The normalized spacial score (nSPS) is 11.9. The van der Waals surface area contributed by atoms with Crippen LogP contribution in [-0.2, 0) is 16.6 Å². The van der Waals surface area contributed by atoms with Gasteiger partial charge in [-0.05, 0) is 60.9 Å². The van der Waals surface area contributed by atoms with E-state index < -0.39 is 41.5 Å². The van der Waals surface area contributed by atoms with E-state index in [4.69, 9.17) is 9.47 Å². The van der Waals surface area contributed by atoms with E-state index in [-0.39, 0.29) is 24.5 Å². The van der Waals surface area contributed by atoms with E-state index in [0.29, 0.717) is 22.4 Å². The Morgan fingerprint density at radius 2 is 1.77 bits per heavy atom. The highest BCUT2D eigenvalue weighted by Crippen LogP contribution is 2.33. The molecule has 1 atom stereocenters. The van der Waals surface area contributed by atoms with Gasteiger partial charge in [0.2, 0.25) is 0 Å². The highest BCUT2D eigenvalue weighted by Gasteiger charge is 2.31. The molecular formula is C27H28F3N3O7. The second-order valence-electron chi connectivity index (χ2n) is 8.64. The lowest BCUT2D eigenvalue weighted by molar-refractivity contribution is -0.274. The van der Waals surface area contributed by atoms with Crippen LogP contribution < -0.4 is 25.7 Å². The summed E-state index contributed by atoms with van der Waals surface area (Å²) >= 11 is 0. The van der Waals surface area contributed by atoms with Crippen molar-refractivity contribution in [2.24, 2.45) is 7.05 Å². The number of aryl methyl sites for hydroxylation is 1. The number of urea groups is 1. The van der Waals surface area contributed by atoms with E-state index in [1.54, 1.807) is 32.0 Å². The van der Waals surface area contributed by atoms with Gasteiger partial charge in [0.05, 0.1) is 26.2 Å². The first kappa shape index (κ1) is 29.9. The second kappa shape index (κ2) is 12.5. The maximum atomic E-state index is 12.9. The number of aromatic hydroxyl groups is 1. The van der Waals surface area contributed by atoms with Gasteiger partial charge in [0.25, 0.3) is 5.56 Å². The van der Waals surface area contributed by atoms with Crippen molar-refractivity contribution in [2.75, 3.05) is 19.0 Å². The summed E-state index contributed by atoms with van der Waals surface area (Å²) in [5, 5.41) is 15.1. The third-order valence-electron chi connectivity index (χ3n) is 5.84. The van der Waals surface area contributed by atoms with Crippen molar-refractivity contribution in [1.29, 1.82) is 0 Å². The van der Waals surface area contributed by atoms with Crippen LogP contribution in [0, 0.1) is 6.92 Å². The monoisotopic (exact) mass is 563 g/mol. The molecule has 13 heteroatoms. The molecule has 214 valence electrons. The molecule has 2 aromatic carbocycles. The maximum absolute atomic E-state index is 12.9. The van der Waals surface area contributed by atoms with E-state index in [0.717, 1.165) is 6.07 Å². The first-order valence-electron chi connectivity index (χ1n) is 12.0. The highest BCUT2D eigenvalue weighted by atomic mass is 19.4. The molecule has 40 heavy (non-hydrogen) atoms. The standard InChI is InChI=1S/C27H28F3N3O7/c1-5-39-23(35)14-21(31-26(37)32-24-22(34)9-15(2)33(3)25(24)36)18-10-17(12-20(13-18)38-4)16-7-6-8-19(11-16)40-27(28,29)30/h6-13,21,34H,5,14H2,1-4H3,(H2,31,32,37). The quantitative estimate of drug-likeness (QED) is 0.320. The number of esters is 1. The van der Waals surface area contributed by atoms with Crippen molar-refractivity contribution in [3.8, 4) is 28.4 Å². The minimum atomic E-state index is -4.88. The van der Waals surface area contributed by atoms with Gasteiger partial charge in [0.1, 0.15) is 17.2 Å². The second-order valence-corrected chi connectivity index (χ2v) is 8.64. The molecule has 3 aromatic rings. The Hall–Kier alpha value is -4.68. The summed E-state index contributed by atoms with van der Waals surface area (Å²) in [4.78, 5) is 37.9. The summed E-state index contributed by atoms with van der Waals surface area (Å²) in [5.41, 5.74) is 0.535. The molecule has 0 saturated carbocycles. The Labute approximate surface area is 227 Å². The minimum absolute atomic E-state index is 0.0837. The minimum Gasteiger partial charge on any atom is -0.505 e. The van der Waals surface area contributed by atoms with Crippen LogP contribution in [0.15, 0.2) is 53.3 Å². The number of nitrogens with one attached hydrogen (secondary N) is 2. The van der Waals surface area contributed by atoms with E-state index >= 15 is 0 Å². The fraction of sp³-hybridized carbons (Fsp3) is 0.296. The molecule has 1 aromatic heterocycles. The maximum Gasteiger partial charge on any atom is 0.573 e. The molecule has 0 spiro atoms. The highest BCUT2D eigenvalue weighted by molar-refractivity contribution is 5.91. The Kier molecular flexibility index (Phi) is 9.30. The summed E-state index contributed by atoms with van der Waals surface area (Å²) in [6.07, 6.45) is -5.21. The summed E-state index contributed by atoms with van der Waals surface area (Å²) in [6.45, 7) is 3.30. The van der Waals surface area contributed by atoms with Crippen LogP contribution in [0.2, 0.25) is 0 Å². The van der Waals surface area contributed by atoms with E-state index in [1.807, 2.05) is 0 Å². The number of hydrogen-bond donors (Lipinski definition) is 3. The number of carbonyl (C=O) groups is 2. The lowest BCUT2D eigenvalue weighted by Crippen LogP contribution is -2.36. The molecule has 1 heterocycles.